The topological polar surface area (TPSA) is 60.2 Å². The normalized spacial score (nSPS) is 25.1. The molecule has 0 aromatic carbocycles. The molecule has 1 aliphatic carbocycles. The van der Waals surface area contributed by atoms with Crippen LogP contribution in [-0.2, 0) is 11.2 Å². The van der Waals surface area contributed by atoms with Crippen molar-refractivity contribution in [1.82, 2.24) is 15.5 Å². The van der Waals surface area contributed by atoms with E-state index in [1.54, 1.807) is 0 Å². The average Bonchev–Trinajstić information content (AvgIpc) is 3.11. The Hall–Kier alpha value is -0.940. The van der Waals surface area contributed by atoms with E-state index in [4.69, 9.17) is 9.26 Å². The maximum atomic E-state index is 5.41. The van der Waals surface area contributed by atoms with Crippen molar-refractivity contribution in [2.75, 3.05) is 19.8 Å². The van der Waals surface area contributed by atoms with E-state index in [-0.39, 0.29) is 0 Å². The van der Waals surface area contributed by atoms with Crippen LogP contribution in [0.15, 0.2) is 4.52 Å². The van der Waals surface area contributed by atoms with Gasteiger partial charge in [0.15, 0.2) is 5.82 Å². The highest BCUT2D eigenvalue weighted by Gasteiger charge is 2.28. The van der Waals surface area contributed by atoms with Gasteiger partial charge in [0, 0.05) is 31.5 Å². The summed E-state index contributed by atoms with van der Waals surface area (Å²) >= 11 is 0. The third kappa shape index (κ3) is 3.04. The minimum atomic E-state index is 0.495. The number of nitrogens with zero attached hydrogens (tertiary/aromatic N) is 2. The molecule has 1 aromatic heterocycles. The predicted octanol–water partition coefficient (Wildman–Crippen LogP) is 1.26. The molecule has 1 aromatic rings. The van der Waals surface area contributed by atoms with Gasteiger partial charge in [0.05, 0.1) is 6.61 Å². The summed E-state index contributed by atoms with van der Waals surface area (Å²) in [5, 5.41) is 7.48. The van der Waals surface area contributed by atoms with Gasteiger partial charge in [0.2, 0.25) is 5.89 Å². The van der Waals surface area contributed by atoms with E-state index in [0.29, 0.717) is 12.0 Å². The molecule has 5 nitrogen and oxygen atoms in total. The van der Waals surface area contributed by atoms with Gasteiger partial charge < -0.3 is 14.6 Å². The first-order valence-electron chi connectivity index (χ1n) is 6.55. The second-order valence-corrected chi connectivity index (χ2v) is 4.94. The zero-order valence-electron chi connectivity index (χ0n) is 10.0. The first kappa shape index (κ1) is 11.2. The van der Waals surface area contributed by atoms with Crippen LogP contribution in [0.1, 0.15) is 43.3 Å². The lowest BCUT2D eigenvalue weighted by atomic mass is 10.1. The second kappa shape index (κ2) is 5.14. The average molecular weight is 237 g/mol. The molecule has 0 unspecified atom stereocenters. The van der Waals surface area contributed by atoms with E-state index in [0.717, 1.165) is 44.3 Å². The van der Waals surface area contributed by atoms with Gasteiger partial charge in [-0.25, -0.2) is 0 Å². The SMILES string of the molecule is C1COC[C@H](NCCc2nc(C3CC3)no2)C1. The molecular weight excluding hydrogens is 218 g/mol. The van der Waals surface area contributed by atoms with Crippen molar-refractivity contribution in [1.29, 1.82) is 0 Å². The summed E-state index contributed by atoms with van der Waals surface area (Å²) in [5.74, 6) is 2.24. The maximum absolute atomic E-state index is 5.41. The highest BCUT2D eigenvalue weighted by atomic mass is 16.5. The van der Waals surface area contributed by atoms with Crippen molar-refractivity contribution in [2.45, 2.75) is 44.1 Å². The van der Waals surface area contributed by atoms with Crippen molar-refractivity contribution in [2.24, 2.45) is 0 Å². The Morgan fingerprint density at radius 2 is 2.24 bits per heavy atom. The molecule has 94 valence electrons. The van der Waals surface area contributed by atoms with Crippen LogP contribution in [0.5, 0.6) is 0 Å². The number of rotatable bonds is 5. The van der Waals surface area contributed by atoms with Gasteiger partial charge in [0.25, 0.3) is 0 Å². The molecule has 1 atom stereocenters. The number of aromatic nitrogens is 2. The molecule has 3 rings (SSSR count). The van der Waals surface area contributed by atoms with Crippen molar-refractivity contribution in [3.63, 3.8) is 0 Å². The molecule has 5 heteroatoms. The van der Waals surface area contributed by atoms with Crippen molar-refractivity contribution >= 4 is 0 Å². The molecule has 2 aliphatic rings. The molecule has 2 fully saturated rings. The first-order valence-corrected chi connectivity index (χ1v) is 6.55. The second-order valence-electron chi connectivity index (χ2n) is 4.94. The molecular formula is C12H19N3O2. The van der Waals surface area contributed by atoms with E-state index in [1.807, 2.05) is 0 Å². The predicted molar refractivity (Wildman–Crippen MR) is 61.8 cm³/mol. The fourth-order valence-corrected chi connectivity index (χ4v) is 2.16. The molecule has 0 bridgehead atoms. The highest BCUT2D eigenvalue weighted by molar-refractivity contribution is 5.03. The van der Waals surface area contributed by atoms with Gasteiger partial charge in [-0.15, -0.1) is 0 Å². The summed E-state index contributed by atoms with van der Waals surface area (Å²) in [6.07, 6.45) is 5.62. The highest BCUT2D eigenvalue weighted by Crippen LogP contribution is 2.38. The lowest BCUT2D eigenvalue weighted by Crippen LogP contribution is -2.37. The zero-order chi connectivity index (χ0) is 11.5. The van der Waals surface area contributed by atoms with Gasteiger partial charge in [-0.3, -0.25) is 0 Å². The first-order chi connectivity index (χ1) is 8.42. The van der Waals surface area contributed by atoms with Gasteiger partial charge in [-0.2, -0.15) is 4.98 Å². The summed E-state index contributed by atoms with van der Waals surface area (Å²) in [6, 6.07) is 0.495. The fourth-order valence-electron chi connectivity index (χ4n) is 2.16. The van der Waals surface area contributed by atoms with Crippen LogP contribution in [0.3, 0.4) is 0 Å². The third-order valence-corrected chi connectivity index (χ3v) is 3.36. The van der Waals surface area contributed by atoms with E-state index in [9.17, 15) is 0 Å². The van der Waals surface area contributed by atoms with Gasteiger partial charge in [-0.1, -0.05) is 5.16 Å². The van der Waals surface area contributed by atoms with Crippen LogP contribution < -0.4 is 5.32 Å². The fraction of sp³-hybridized carbons (Fsp3) is 0.833. The van der Waals surface area contributed by atoms with Crippen LogP contribution in [0, 0.1) is 0 Å². The van der Waals surface area contributed by atoms with Crippen LogP contribution in [-0.4, -0.2) is 35.9 Å². The Bertz CT molecular complexity index is 356. The number of nitrogens with one attached hydrogen (secondary N) is 1. The van der Waals surface area contributed by atoms with Gasteiger partial charge in [-0.05, 0) is 25.7 Å². The number of hydrogen-bond acceptors (Lipinski definition) is 5. The maximum Gasteiger partial charge on any atom is 0.227 e. The minimum absolute atomic E-state index is 0.495. The monoisotopic (exact) mass is 237 g/mol. The molecule has 1 saturated heterocycles. The summed E-state index contributed by atoms with van der Waals surface area (Å²) in [5.41, 5.74) is 0. The molecule has 1 aliphatic heterocycles. The van der Waals surface area contributed by atoms with E-state index in [1.165, 1.54) is 19.3 Å². The minimum Gasteiger partial charge on any atom is -0.380 e. The van der Waals surface area contributed by atoms with Crippen molar-refractivity contribution < 1.29 is 9.26 Å². The lowest BCUT2D eigenvalue weighted by Gasteiger charge is -2.22. The Morgan fingerprint density at radius 3 is 3.00 bits per heavy atom. The molecule has 0 amide bonds. The smallest absolute Gasteiger partial charge is 0.227 e. The van der Waals surface area contributed by atoms with Crippen LogP contribution >= 0.6 is 0 Å². The lowest BCUT2D eigenvalue weighted by molar-refractivity contribution is 0.0705. The summed E-state index contributed by atoms with van der Waals surface area (Å²) in [6.45, 7) is 2.63. The van der Waals surface area contributed by atoms with E-state index >= 15 is 0 Å². The van der Waals surface area contributed by atoms with Crippen molar-refractivity contribution in [3.8, 4) is 0 Å². The van der Waals surface area contributed by atoms with Crippen LogP contribution in [0.4, 0.5) is 0 Å². The van der Waals surface area contributed by atoms with E-state index < -0.39 is 0 Å². The quantitative estimate of drug-likeness (QED) is 0.835. The molecule has 17 heavy (non-hydrogen) atoms. The molecule has 2 heterocycles. The number of ether oxygens (including phenoxy) is 1. The Balaban J connectivity index is 1.40. The summed E-state index contributed by atoms with van der Waals surface area (Å²) in [4.78, 5) is 4.41. The largest absolute Gasteiger partial charge is 0.380 e. The standard InChI is InChI=1S/C12H19N3O2/c1-2-10(8-16-7-1)13-6-5-11-14-12(15-17-11)9-3-4-9/h9-10,13H,1-8H2/t10-/m1/s1. The van der Waals surface area contributed by atoms with Crippen LogP contribution in [0.25, 0.3) is 0 Å². The molecule has 0 radical (unpaired) electrons. The molecule has 0 spiro atoms. The Kier molecular flexibility index (Phi) is 3.38. The van der Waals surface area contributed by atoms with E-state index in [2.05, 4.69) is 15.5 Å². The molecule has 1 saturated carbocycles. The van der Waals surface area contributed by atoms with Crippen molar-refractivity contribution in [3.05, 3.63) is 11.7 Å². The van der Waals surface area contributed by atoms with Gasteiger partial charge in [0.1, 0.15) is 0 Å². The van der Waals surface area contributed by atoms with Crippen LogP contribution in [0.2, 0.25) is 0 Å². The third-order valence-electron chi connectivity index (χ3n) is 3.36. The Labute approximate surface area is 101 Å². The zero-order valence-corrected chi connectivity index (χ0v) is 10.0. The Morgan fingerprint density at radius 1 is 1.29 bits per heavy atom. The molecule has 1 N–H and O–H groups in total. The van der Waals surface area contributed by atoms with Gasteiger partial charge >= 0.3 is 0 Å². The number of hydrogen-bond donors (Lipinski definition) is 1. The summed E-state index contributed by atoms with van der Waals surface area (Å²) < 4.78 is 10.6. The summed E-state index contributed by atoms with van der Waals surface area (Å²) in [7, 11) is 0.